The van der Waals surface area contributed by atoms with Gasteiger partial charge in [-0.05, 0) is 18.9 Å². The summed E-state index contributed by atoms with van der Waals surface area (Å²) in [7, 11) is 0. The van der Waals surface area contributed by atoms with Crippen LogP contribution in [0, 0.1) is 0 Å². The van der Waals surface area contributed by atoms with Gasteiger partial charge < -0.3 is 9.90 Å². The predicted octanol–water partition coefficient (Wildman–Crippen LogP) is 3.21. The second-order valence-electron chi connectivity index (χ2n) is 4.34. The minimum Gasteiger partial charge on any atom is -0.545 e. The Morgan fingerprint density at radius 2 is 1.41 bits per heavy atom. The summed E-state index contributed by atoms with van der Waals surface area (Å²) in [5.74, 6) is -1.09. The quantitative estimate of drug-likeness (QED) is 0.331. The van der Waals surface area contributed by atoms with Gasteiger partial charge in [-0.1, -0.05) is 64.4 Å². The number of aliphatic carboxylic acids is 1. The van der Waals surface area contributed by atoms with Gasteiger partial charge in [0.05, 0.1) is 5.97 Å². The van der Waals surface area contributed by atoms with Crippen LogP contribution in [0.15, 0.2) is 12.2 Å². The number of hydrogen-bond acceptors (Lipinski definition) is 2. The molecule has 3 heteroatoms. The van der Waals surface area contributed by atoms with Crippen LogP contribution in [0.5, 0.6) is 0 Å². The Balaban J connectivity index is 0. The van der Waals surface area contributed by atoms with E-state index in [-0.39, 0.29) is 22.4 Å². The molecule has 0 bridgehead atoms. The van der Waals surface area contributed by atoms with Gasteiger partial charge in [-0.25, -0.2) is 0 Å². The smallest absolute Gasteiger partial charge is 0.545 e. The molecule has 0 unspecified atom stereocenters. The Hall–Kier alpha value is -0.0497. The van der Waals surface area contributed by atoms with Gasteiger partial charge in [0.25, 0.3) is 0 Å². The number of carbonyl (C=O) groups excluding carboxylic acids is 1. The van der Waals surface area contributed by atoms with Crippen LogP contribution in [-0.2, 0) is 27.2 Å². The van der Waals surface area contributed by atoms with Gasteiger partial charge in [0.15, 0.2) is 0 Å². The molecule has 0 saturated heterocycles. The monoisotopic (exact) mass is 332 g/mol. The number of carboxylic acids is 1. The number of hydrogen-bond donors (Lipinski definition) is 0. The van der Waals surface area contributed by atoms with Crippen molar-refractivity contribution in [3.05, 3.63) is 12.2 Å². The topological polar surface area (TPSA) is 40.1 Å². The Labute approximate surface area is 121 Å². The molecule has 0 aromatic carbocycles. The Morgan fingerprint density at radius 1 is 0.941 bits per heavy atom. The van der Waals surface area contributed by atoms with Gasteiger partial charge in [-0.2, -0.15) is 0 Å². The van der Waals surface area contributed by atoms with Crippen LogP contribution >= 0.6 is 0 Å². The SMILES string of the molecule is CCCCCCCCCCCC=CC(=O)[O-].[Ag+]. The zero-order chi connectivity index (χ0) is 12.1. The molecule has 0 aromatic heterocycles. The van der Waals surface area contributed by atoms with Gasteiger partial charge in [-0.15, -0.1) is 0 Å². The molecule has 0 saturated carbocycles. The summed E-state index contributed by atoms with van der Waals surface area (Å²) in [4.78, 5) is 10.1. The normalized spacial score (nSPS) is 10.4. The molecule has 0 N–H and O–H groups in total. The maximum Gasteiger partial charge on any atom is 1.00 e. The zero-order valence-corrected chi connectivity index (χ0v) is 12.3. The van der Waals surface area contributed by atoms with Crippen molar-refractivity contribution in [2.75, 3.05) is 0 Å². The largest absolute Gasteiger partial charge is 1.00 e. The summed E-state index contributed by atoms with van der Waals surface area (Å²) in [6.45, 7) is 2.24. The molecule has 0 atom stereocenters. The molecule has 0 amide bonds. The predicted molar refractivity (Wildman–Crippen MR) is 66.0 cm³/mol. The summed E-state index contributed by atoms with van der Waals surface area (Å²) in [6, 6.07) is 0. The molecule has 0 rings (SSSR count). The number of allylic oxidation sites excluding steroid dienone is 1. The van der Waals surface area contributed by atoms with E-state index in [0.29, 0.717) is 0 Å². The summed E-state index contributed by atoms with van der Waals surface area (Å²) < 4.78 is 0. The molecule has 17 heavy (non-hydrogen) atoms. The average Bonchev–Trinajstić information content (AvgIpc) is 2.25. The van der Waals surface area contributed by atoms with E-state index >= 15 is 0 Å². The fourth-order valence-corrected chi connectivity index (χ4v) is 1.75. The van der Waals surface area contributed by atoms with Crippen molar-refractivity contribution >= 4 is 5.97 Å². The standard InChI is InChI=1S/C14H26O2.Ag/c1-2-3-4-5-6-7-8-9-10-11-12-13-14(15)16;/h12-13H,2-11H2,1H3,(H,15,16);/q;+1/p-1. The van der Waals surface area contributed by atoms with Crippen LogP contribution in [0.3, 0.4) is 0 Å². The molecule has 0 aliphatic rings. The maximum absolute atomic E-state index is 10.1. The summed E-state index contributed by atoms with van der Waals surface area (Å²) >= 11 is 0. The van der Waals surface area contributed by atoms with E-state index < -0.39 is 5.97 Å². The molecule has 0 spiro atoms. The van der Waals surface area contributed by atoms with E-state index in [2.05, 4.69) is 6.92 Å². The molecule has 0 radical (unpaired) electrons. The van der Waals surface area contributed by atoms with Crippen LogP contribution in [0.1, 0.15) is 71.1 Å². The number of rotatable bonds is 11. The van der Waals surface area contributed by atoms with Crippen LogP contribution in [-0.4, -0.2) is 5.97 Å². The van der Waals surface area contributed by atoms with Gasteiger partial charge in [0, 0.05) is 0 Å². The van der Waals surface area contributed by atoms with Gasteiger partial charge in [0.1, 0.15) is 0 Å². The van der Waals surface area contributed by atoms with Crippen LogP contribution < -0.4 is 5.11 Å². The Bertz CT molecular complexity index is 191. The number of carbonyl (C=O) groups is 1. The molecular weight excluding hydrogens is 308 g/mol. The fraction of sp³-hybridized carbons (Fsp3) is 0.786. The first-order valence-electron chi connectivity index (χ1n) is 6.65. The molecule has 0 fully saturated rings. The first kappa shape index (κ1) is 19.3. The van der Waals surface area contributed by atoms with Gasteiger partial charge >= 0.3 is 22.4 Å². The van der Waals surface area contributed by atoms with Gasteiger partial charge in [0.2, 0.25) is 0 Å². The third-order valence-electron chi connectivity index (χ3n) is 2.73. The summed E-state index contributed by atoms with van der Waals surface area (Å²) in [5.41, 5.74) is 0. The number of carboxylic acid groups (broad SMARTS) is 1. The zero-order valence-electron chi connectivity index (χ0n) is 10.8. The van der Waals surface area contributed by atoms with Crippen molar-refractivity contribution in [2.24, 2.45) is 0 Å². The first-order chi connectivity index (χ1) is 7.77. The third-order valence-corrected chi connectivity index (χ3v) is 2.73. The Morgan fingerprint density at radius 3 is 1.88 bits per heavy atom. The minimum absolute atomic E-state index is 0. The molecule has 104 valence electrons. The van der Waals surface area contributed by atoms with Crippen LogP contribution in [0.2, 0.25) is 0 Å². The van der Waals surface area contributed by atoms with Crippen molar-refractivity contribution in [1.82, 2.24) is 0 Å². The van der Waals surface area contributed by atoms with Crippen molar-refractivity contribution in [2.45, 2.75) is 71.1 Å². The molecule has 2 nitrogen and oxygen atoms in total. The second-order valence-corrected chi connectivity index (χ2v) is 4.34. The van der Waals surface area contributed by atoms with E-state index in [9.17, 15) is 9.90 Å². The van der Waals surface area contributed by atoms with E-state index in [1.54, 1.807) is 6.08 Å². The molecule has 0 heterocycles. The van der Waals surface area contributed by atoms with Crippen LogP contribution in [0.4, 0.5) is 0 Å². The van der Waals surface area contributed by atoms with Crippen molar-refractivity contribution < 1.29 is 32.3 Å². The van der Waals surface area contributed by atoms with E-state index in [1.165, 1.54) is 51.4 Å². The number of unbranched alkanes of at least 4 members (excludes halogenated alkanes) is 9. The van der Waals surface area contributed by atoms with Gasteiger partial charge in [-0.3, -0.25) is 0 Å². The van der Waals surface area contributed by atoms with E-state index in [1.807, 2.05) is 0 Å². The molecule has 0 aliphatic carbocycles. The maximum atomic E-state index is 10.1. The summed E-state index contributed by atoms with van der Waals surface area (Å²) in [6.07, 6.45) is 15.4. The van der Waals surface area contributed by atoms with Crippen molar-refractivity contribution in [3.8, 4) is 0 Å². The average molecular weight is 333 g/mol. The summed E-state index contributed by atoms with van der Waals surface area (Å²) in [5, 5.41) is 10.1. The Kier molecular flexibility index (Phi) is 18.1. The fourth-order valence-electron chi connectivity index (χ4n) is 1.75. The molecule has 0 aromatic rings. The van der Waals surface area contributed by atoms with Crippen molar-refractivity contribution in [1.29, 1.82) is 0 Å². The molecular formula is C14H25AgO2. The molecule has 0 aliphatic heterocycles. The minimum atomic E-state index is -1.09. The van der Waals surface area contributed by atoms with Crippen molar-refractivity contribution in [3.63, 3.8) is 0 Å². The second kappa shape index (κ2) is 16.0. The third kappa shape index (κ3) is 18.5. The van der Waals surface area contributed by atoms with Crippen LogP contribution in [0.25, 0.3) is 0 Å². The van der Waals surface area contributed by atoms with E-state index in [0.717, 1.165) is 18.9 Å². The first-order valence-corrected chi connectivity index (χ1v) is 6.65. The van der Waals surface area contributed by atoms with E-state index in [4.69, 9.17) is 0 Å².